The molecule has 0 aliphatic carbocycles. The van der Waals surface area contributed by atoms with E-state index in [2.05, 4.69) is 5.32 Å². The first kappa shape index (κ1) is 13.4. The van der Waals surface area contributed by atoms with Crippen LogP contribution in [-0.2, 0) is 4.79 Å². The van der Waals surface area contributed by atoms with E-state index in [1.807, 2.05) is 67.2 Å². The summed E-state index contributed by atoms with van der Waals surface area (Å²) in [4.78, 5) is 11.9. The van der Waals surface area contributed by atoms with Crippen molar-refractivity contribution in [3.63, 3.8) is 0 Å². The van der Waals surface area contributed by atoms with Crippen molar-refractivity contribution in [2.75, 3.05) is 5.32 Å². The van der Waals surface area contributed by atoms with Gasteiger partial charge < -0.3 is 15.6 Å². The summed E-state index contributed by atoms with van der Waals surface area (Å²) in [6.07, 6.45) is 3.92. The topological polar surface area (TPSA) is 60.1 Å². The van der Waals surface area contributed by atoms with E-state index in [1.54, 1.807) is 0 Å². The molecule has 2 aromatic rings. The van der Waals surface area contributed by atoms with Crippen LogP contribution in [-0.4, -0.2) is 16.5 Å². The summed E-state index contributed by atoms with van der Waals surface area (Å²) < 4.78 is 1.98. The van der Waals surface area contributed by atoms with E-state index in [4.69, 9.17) is 5.73 Å². The number of anilines is 1. The first-order chi connectivity index (χ1) is 9.08. The molecule has 1 heterocycles. The lowest BCUT2D eigenvalue weighted by Gasteiger charge is -2.15. The number of carbonyl (C=O) groups excluding carboxylic acids is 1. The molecule has 3 N–H and O–H groups in total. The number of aromatic nitrogens is 1. The Bertz CT molecular complexity index is 546. The number of nitrogens with one attached hydrogen (secondary N) is 1. The highest BCUT2D eigenvalue weighted by molar-refractivity contribution is 5.95. The monoisotopic (exact) mass is 257 g/mol. The highest BCUT2D eigenvalue weighted by Crippen LogP contribution is 2.15. The Morgan fingerprint density at radius 1 is 1.21 bits per heavy atom. The first-order valence-electron chi connectivity index (χ1n) is 6.38. The minimum Gasteiger partial charge on any atom is -0.325 e. The molecule has 4 nitrogen and oxygen atoms in total. The Kier molecular flexibility index (Phi) is 4.02. The molecule has 0 aliphatic rings. The normalized spacial score (nSPS) is 12.4. The molecule has 1 aromatic heterocycles. The van der Waals surface area contributed by atoms with E-state index in [0.29, 0.717) is 0 Å². The summed E-state index contributed by atoms with van der Waals surface area (Å²) in [6, 6.07) is 11.1. The number of carbonyl (C=O) groups is 1. The maximum Gasteiger partial charge on any atom is 0.241 e. The van der Waals surface area contributed by atoms with Crippen LogP contribution in [0.25, 0.3) is 5.69 Å². The van der Waals surface area contributed by atoms with Crippen LogP contribution in [0.15, 0.2) is 48.8 Å². The molecular formula is C15H19N3O. The van der Waals surface area contributed by atoms with E-state index < -0.39 is 6.04 Å². The summed E-state index contributed by atoms with van der Waals surface area (Å²) in [5.41, 5.74) is 7.58. The second-order valence-electron chi connectivity index (χ2n) is 4.90. The van der Waals surface area contributed by atoms with Crippen molar-refractivity contribution in [2.24, 2.45) is 11.7 Å². The first-order valence-corrected chi connectivity index (χ1v) is 6.38. The van der Waals surface area contributed by atoms with Gasteiger partial charge in [0.25, 0.3) is 0 Å². The van der Waals surface area contributed by atoms with Crippen molar-refractivity contribution >= 4 is 11.6 Å². The van der Waals surface area contributed by atoms with Gasteiger partial charge in [-0.1, -0.05) is 19.9 Å². The SMILES string of the molecule is CC(C)[C@@H](N)C(=O)Nc1cccc(-n2cccc2)c1. The second-order valence-corrected chi connectivity index (χ2v) is 4.90. The molecule has 0 radical (unpaired) electrons. The van der Waals surface area contributed by atoms with Gasteiger partial charge in [-0.05, 0) is 36.2 Å². The van der Waals surface area contributed by atoms with Gasteiger partial charge in [0.15, 0.2) is 0 Å². The standard InChI is InChI=1S/C15H19N3O/c1-11(2)14(16)15(19)17-12-6-5-7-13(10-12)18-8-3-4-9-18/h3-11,14H,16H2,1-2H3,(H,17,19)/t14-/m1/s1. The van der Waals surface area contributed by atoms with Gasteiger partial charge in [-0.25, -0.2) is 0 Å². The molecule has 1 aromatic carbocycles. The number of nitrogens with two attached hydrogens (primary N) is 1. The van der Waals surface area contributed by atoms with Gasteiger partial charge in [0.1, 0.15) is 0 Å². The molecule has 1 atom stereocenters. The van der Waals surface area contributed by atoms with Gasteiger partial charge in [0.05, 0.1) is 6.04 Å². The molecule has 0 spiro atoms. The maximum absolute atomic E-state index is 11.9. The van der Waals surface area contributed by atoms with E-state index >= 15 is 0 Å². The molecule has 0 unspecified atom stereocenters. The van der Waals surface area contributed by atoms with Gasteiger partial charge in [-0.15, -0.1) is 0 Å². The Morgan fingerprint density at radius 2 is 1.89 bits per heavy atom. The summed E-state index contributed by atoms with van der Waals surface area (Å²) in [5, 5.41) is 2.85. The van der Waals surface area contributed by atoms with Gasteiger partial charge in [0.2, 0.25) is 5.91 Å². The summed E-state index contributed by atoms with van der Waals surface area (Å²) >= 11 is 0. The summed E-state index contributed by atoms with van der Waals surface area (Å²) in [5.74, 6) is -0.0349. The molecule has 1 amide bonds. The zero-order valence-electron chi connectivity index (χ0n) is 11.2. The highest BCUT2D eigenvalue weighted by atomic mass is 16.2. The average molecular weight is 257 g/mol. The molecule has 4 heteroatoms. The van der Waals surface area contributed by atoms with Gasteiger partial charge >= 0.3 is 0 Å². The van der Waals surface area contributed by atoms with Crippen LogP contribution >= 0.6 is 0 Å². The highest BCUT2D eigenvalue weighted by Gasteiger charge is 2.17. The maximum atomic E-state index is 11.9. The molecular weight excluding hydrogens is 238 g/mol. The molecule has 2 rings (SSSR count). The number of hydrogen-bond donors (Lipinski definition) is 2. The summed E-state index contributed by atoms with van der Waals surface area (Å²) in [7, 11) is 0. The van der Waals surface area contributed by atoms with Crippen LogP contribution in [0.4, 0.5) is 5.69 Å². The third-order valence-corrected chi connectivity index (χ3v) is 3.04. The predicted molar refractivity (Wildman–Crippen MR) is 77.2 cm³/mol. The third kappa shape index (κ3) is 3.23. The zero-order valence-corrected chi connectivity index (χ0v) is 11.2. The molecule has 0 bridgehead atoms. The lowest BCUT2D eigenvalue weighted by Crippen LogP contribution is -2.39. The Hall–Kier alpha value is -2.07. The van der Waals surface area contributed by atoms with Crippen LogP contribution in [0.3, 0.4) is 0 Å². The minimum absolute atomic E-state index is 0.118. The largest absolute Gasteiger partial charge is 0.325 e. The Labute approximate surface area is 113 Å². The number of amides is 1. The Morgan fingerprint density at radius 3 is 2.53 bits per heavy atom. The van der Waals surface area contributed by atoms with Crippen LogP contribution in [0.2, 0.25) is 0 Å². The van der Waals surface area contributed by atoms with E-state index in [1.165, 1.54) is 0 Å². The van der Waals surface area contributed by atoms with E-state index in [-0.39, 0.29) is 11.8 Å². The fourth-order valence-electron chi connectivity index (χ4n) is 1.78. The van der Waals surface area contributed by atoms with Crippen molar-refractivity contribution in [3.8, 4) is 5.69 Å². The smallest absolute Gasteiger partial charge is 0.241 e. The lowest BCUT2D eigenvalue weighted by atomic mass is 10.0. The van der Waals surface area contributed by atoms with Crippen LogP contribution in [0.5, 0.6) is 0 Å². The third-order valence-electron chi connectivity index (χ3n) is 3.04. The van der Waals surface area contributed by atoms with Crippen LogP contribution < -0.4 is 11.1 Å². The fraction of sp³-hybridized carbons (Fsp3) is 0.267. The van der Waals surface area contributed by atoms with Gasteiger partial charge in [0, 0.05) is 23.8 Å². The minimum atomic E-state index is -0.491. The van der Waals surface area contributed by atoms with E-state index in [0.717, 1.165) is 11.4 Å². The Balaban J connectivity index is 2.14. The lowest BCUT2D eigenvalue weighted by molar-refractivity contribution is -0.118. The molecule has 0 fully saturated rings. The number of rotatable bonds is 4. The number of hydrogen-bond acceptors (Lipinski definition) is 2. The molecule has 19 heavy (non-hydrogen) atoms. The number of nitrogens with zero attached hydrogens (tertiary/aromatic N) is 1. The fourth-order valence-corrected chi connectivity index (χ4v) is 1.78. The average Bonchev–Trinajstić information content (AvgIpc) is 2.91. The predicted octanol–water partition coefficient (Wildman–Crippen LogP) is 2.40. The van der Waals surface area contributed by atoms with Crippen molar-refractivity contribution in [2.45, 2.75) is 19.9 Å². The van der Waals surface area contributed by atoms with Crippen molar-refractivity contribution in [3.05, 3.63) is 48.8 Å². The van der Waals surface area contributed by atoms with Crippen molar-refractivity contribution < 1.29 is 4.79 Å². The van der Waals surface area contributed by atoms with Crippen LogP contribution in [0.1, 0.15) is 13.8 Å². The molecule has 100 valence electrons. The van der Waals surface area contributed by atoms with Crippen molar-refractivity contribution in [1.82, 2.24) is 4.57 Å². The van der Waals surface area contributed by atoms with Crippen molar-refractivity contribution in [1.29, 1.82) is 0 Å². The van der Waals surface area contributed by atoms with Gasteiger partial charge in [-0.2, -0.15) is 0 Å². The van der Waals surface area contributed by atoms with E-state index in [9.17, 15) is 4.79 Å². The quantitative estimate of drug-likeness (QED) is 0.883. The summed E-state index contributed by atoms with van der Waals surface area (Å²) in [6.45, 7) is 3.86. The molecule has 0 saturated carbocycles. The molecule has 0 saturated heterocycles. The number of benzene rings is 1. The second kappa shape index (κ2) is 5.71. The zero-order chi connectivity index (χ0) is 13.8. The van der Waals surface area contributed by atoms with Crippen LogP contribution in [0, 0.1) is 5.92 Å². The van der Waals surface area contributed by atoms with Gasteiger partial charge in [-0.3, -0.25) is 4.79 Å². The molecule has 0 aliphatic heterocycles.